The zero-order valence-corrected chi connectivity index (χ0v) is 12.2. The molecule has 1 aliphatic heterocycles. The normalized spacial score (nSPS) is 17.8. The van der Waals surface area contributed by atoms with Gasteiger partial charge in [-0.3, -0.25) is 9.58 Å². The van der Waals surface area contributed by atoms with Gasteiger partial charge in [-0.25, -0.2) is 0 Å². The Morgan fingerprint density at radius 1 is 1.10 bits per heavy atom. The molecule has 0 bridgehead atoms. The predicted molar refractivity (Wildman–Crippen MR) is 83.0 cm³/mol. The third-order valence-corrected chi connectivity index (χ3v) is 3.82. The summed E-state index contributed by atoms with van der Waals surface area (Å²) in [6, 6.07) is 10.2. The van der Waals surface area contributed by atoms with Gasteiger partial charge in [0.25, 0.3) is 0 Å². The molecule has 1 aliphatic rings. The highest BCUT2D eigenvalue weighted by molar-refractivity contribution is 5.61. The third kappa shape index (κ3) is 3.91. The summed E-state index contributed by atoms with van der Waals surface area (Å²) in [7, 11) is 0. The van der Waals surface area contributed by atoms with E-state index in [4.69, 9.17) is 0 Å². The Balaban J connectivity index is 1.56. The Bertz CT molecular complexity index is 548. The number of aromatic nitrogens is 2. The van der Waals surface area contributed by atoms with E-state index >= 15 is 0 Å². The number of nitrogens with zero attached hydrogens (tertiary/aromatic N) is 3. The average Bonchev–Trinajstić information content (AvgIpc) is 2.97. The maximum absolute atomic E-state index is 10.2. The van der Waals surface area contributed by atoms with Gasteiger partial charge in [-0.1, -0.05) is 30.3 Å². The van der Waals surface area contributed by atoms with E-state index in [0.29, 0.717) is 13.1 Å². The molecule has 1 aromatic heterocycles. The van der Waals surface area contributed by atoms with Crippen molar-refractivity contribution in [2.24, 2.45) is 0 Å². The van der Waals surface area contributed by atoms with E-state index in [1.165, 1.54) is 0 Å². The fourth-order valence-corrected chi connectivity index (χ4v) is 2.71. The van der Waals surface area contributed by atoms with Gasteiger partial charge in [-0.2, -0.15) is 5.10 Å². The molecule has 2 aromatic rings. The Labute approximate surface area is 125 Å². The van der Waals surface area contributed by atoms with Crippen LogP contribution in [-0.2, 0) is 6.54 Å². The Hall–Kier alpha value is -1.69. The molecule has 3 rings (SSSR count). The molecule has 1 fully saturated rings. The zero-order chi connectivity index (χ0) is 14.5. The van der Waals surface area contributed by atoms with Crippen LogP contribution in [0.1, 0.15) is 0 Å². The number of hydrogen-bond donors (Lipinski definition) is 2. The molecule has 1 saturated heterocycles. The molecule has 2 N–H and O–H groups in total. The molecular formula is C16H22N4O. The van der Waals surface area contributed by atoms with E-state index in [1.807, 2.05) is 35.3 Å². The van der Waals surface area contributed by atoms with E-state index < -0.39 is 0 Å². The minimum atomic E-state index is -0.383. The molecule has 0 amide bonds. The minimum Gasteiger partial charge on any atom is -0.390 e. The van der Waals surface area contributed by atoms with Crippen molar-refractivity contribution in [1.82, 2.24) is 20.0 Å². The molecule has 21 heavy (non-hydrogen) atoms. The van der Waals surface area contributed by atoms with E-state index in [1.54, 1.807) is 0 Å². The highest BCUT2D eigenvalue weighted by Crippen LogP contribution is 2.17. The van der Waals surface area contributed by atoms with E-state index in [2.05, 4.69) is 27.4 Å². The average molecular weight is 286 g/mol. The van der Waals surface area contributed by atoms with Crippen LogP contribution in [-0.4, -0.2) is 58.6 Å². The molecule has 112 valence electrons. The zero-order valence-electron chi connectivity index (χ0n) is 12.2. The lowest BCUT2D eigenvalue weighted by Gasteiger charge is -2.29. The fraction of sp³-hybridized carbons (Fsp3) is 0.438. The van der Waals surface area contributed by atoms with Crippen molar-refractivity contribution < 1.29 is 5.11 Å². The van der Waals surface area contributed by atoms with Crippen LogP contribution in [0, 0.1) is 0 Å². The summed E-state index contributed by atoms with van der Waals surface area (Å²) < 4.78 is 1.83. The molecule has 1 unspecified atom stereocenters. The second-order valence-electron chi connectivity index (χ2n) is 5.52. The second-order valence-corrected chi connectivity index (χ2v) is 5.52. The SMILES string of the molecule is OC(CN1CCNCC1)Cn1cc(-c2ccccc2)cn1. The maximum Gasteiger partial charge on any atom is 0.0862 e. The Morgan fingerprint density at radius 2 is 1.86 bits per heavy atom. The first-order valence-corrected chi connectivity index (χ1v) is 7.50. The lowest BCUT2D eigenvalue weighted by Crippen LogP contribution is -2.46. The summed E-state index contributed by atoms with van der Waals surface area (Å²) in [6.07, 6.45) is 3.47. The van der Waals surface area contributed by atoms with Crippen LogP contribution < -0.4 is 5.32 Å². The summed E-state index contributed by atoms with van der Waals surface area (Å²) in [4.78, 5) is 2.29. The van der Waals surface area contributed by atoms with Crippen molar-refractivity contribution in [3.8, 4) is 11.1 Å². The number of piperazine rings is 1. The standard InChI is InChI=1S/C16H22N4O/c21-16(12-19-8-6-17-7-9-19)13-20-11-15(10-18-20)14-4-2-1-3-5-14/h1-5,10-11,16-17,21H,6-9,12-13H2. The van der Waals surface area contributed by atoms with Crippen molar-refractivity contribution in [2.45, 2.75) is 12.6 Å². The molecule has 5 heteroatoms. The van der Waals surface area contributed by atoms with Crippen LogP contribution in [0.25, 0.3) is 11.1 Å². The van der Waals surface area contributed by atoms with E-state index in [-0.39, 0.29) is 6.10 Å². The highest BCUT2D eigenvalue weighted by Gasteiger charge is 2.15. The number of aliphatic hydroxyl groups excluding tert-OH is 1. The highest BCUT2D eigenvalue weighted by atomic mass is 16.3. The first kappa shape index (κ1) is 14.3. The molecule has 0 spiro atoms. The van der Waals surface area contributed by atoms with Crippen LogP contribution in [0.3, 0.4) is 0 Å². The number of aliphatic hydroxyl groups is 1. The Morgan fingerprint density at radius 3 is 2.62 bits per heavy atom. The summed E-state index contributed by atoms with van der Waals surface area (Å²) in [6.45, 7) is 5.27. The molecule has 1 atom stereocenters. The Kier molecular flexibility index (Phi) is 4.65. The van der Waals surface area contributed by atoms with Crippen molar-refractivity contribution in [3.05, 3.63) is 42.7 Å². The number of β-amino-alcohol motifs (C(OH)–C–C–N with tert-alkyl or cyclic N) is 1. The van der Waals surface area contributed by atoms with Gasteiger partial charge in [0.15, 0.2) is 0 Å². The fourth-order valence-electron chi connectivity index (χ4n) is 2.71. The molecule has 0 radical (unpaired) electrons. The molecule has 0 aliphatic carbocycles. The number of nitrogens with one attached hydrogen (secondary N) is 1. The van der Waals surface area contributed by atoms with E-state index in [0.717, 1.165) is 37.3 Å². The van der Waals surface area contributed by atoms with Crippen LogP contribution in [0.5, 0.6) is 0 Å². The summed E-state index contributed by atoms with van der Waals surface area (Å²) in [5.41, 5.74) is 2.24. The molecule has 5 nitrogen and oxygen atoms in total. The van der Waals surface area contributed by atoms with Crippen molar-refractivity contribution in [3.63, 3.8) is 0 Å². The van der Waals surface area contributed by atoms with Gasteiger partial charge in [0.05, 0.1) is 18.8 Å². The molecule has 0 saturated carbocycles. The number of hydrogen-bond acceptors (Lipinski definition) is 4. The number of benzene rings is 1. The lowest BCUT2D eigenvalue weighted by atomic mass is 10.1. The largest absolute Gasteiger partial charge is 0.390 e. The summed E-state index contributed by atoms with van der Waals surface area (Å²) in [5, 5.41) is 17.9. The second kappa shape index (κ2) is 6.85. The monoisotopic (exact) mass is 286 g/mol. The van der Waals surface area contributed by atoms with Crippen LogP contribution in [0.2, 0.25) is 0 Å². The van der Waals surface area contributed by atoms with Crippen molar-refractivity contribution in [1.29, 1.82) is 0 Å². The van der Waals surface area contributed by atoms with Gasteiger partial charge in [0.2, 0.25) is 0 Å². The van der Waals surface area contributed by atoms with Gasteiger partial charge in [0.1, 0.15) is 0 Å². The number of rotatable bonds is 5. The van der Waals surface area contributed by atoms with Crippen molar-refractivity contribution >= 4 is 0 Å². The molecule has 1 aromatic carbocycles. The van der Waals surface area contributed by atoms with Gasteiger partial charge < -0.3 is 10.4 Å². The topological polar surface area (TPSA) is 53.3 Å². The first-order valence-electron chi connectivity index (χ1n) is 7.50. The van der Waals surface area contributed by atoms with Gasteiger partial charge in [-0.05, 0) is 5.56 Å². The summed E-state index contributed by atoms with van der Waals surface area (Å²) >= 11 is 0. The first-order chi connectivity index (χ1) is 10.3. The van der Waals surface area contributed by atoms with Gasteiger partial charge >= 0.3 is 0 Å². The van der Waals surface area contributed by atoms with Crippen LogP contribution >= 0.6 is 0 Å². The van der Waals surface area contributed by atoms with Crippen LogP contribution in [0.15, 0.2) is 42.7 Å². The maximum atomic E-state index is 10.2. The lowest BCUT2D eigenvalue weighted by molar-refractivity contribution is 0.0889. The molecular weight excluding hydrogens is 264 g/mol. The smallest absolute Gasteiger partial charge is 0.0862 e. The minimum absolute atomic E-state index is 0.383. The third-order valence-electron chi connectivity index (χ3n) is 3.82. The molecule has 2 heterocycles. The predicted octanol–water partition coefficient (Wildman–Crippen LogP) is 0.816. The van der Waals surface area contributed by atoms with Gasteiger partial charge in [0, 0.05) is 44.5 Å². The summed E-state index contributed by atoms with van der Waals surface area (Å²) in [5.74, 6) is 0. The quantitative estimate of drug-likeness (QED) is 0.854. The van der Waals surface area contributed by atoms with Crippen molar-refractivity contribution in [2.75, 3.05) is 32.7 Å². The van der Waals surface area contributed by atoms with Crippen LogP contribution in [0.4, 0.5) is 0 Å². The van der Waals surface area contributed by atoms with E-state index in [9.17, 15) is 5.11 Å². The van der Waals surface area contributed by atoms with Gasteiger partial charge in [-0.15, -0.1) is 0 Å².